The Balaban J connectivity index is 4.09. The molecular weight excluding hydrogens is 194 g/mol. The lowest BCUT2D eigenvalue weighted by atomic mass is 10.0. The Morgan fingerprint density at radius 3 is 2.20 bits per heavy atom. The van der Waals surface area contributed by atoms with Gasteiger partial charge in [-0.05, 0) is 20.4 Å². The summed E-state index contributed by atoms with van der Waals surface area (Å²) in [6.07, 6.45) is 0. The van der Waals surface area contributed by atoms with E-state index in [1.54, 1.807) is 27.9 Å². The van der Waals surface area contributed by atoms with Gasteiger partial charge in [-0.15, -0.1) is 0 Å². The first-order valence-corrected chi connectivity index (χ1v) is 5.04. The summed E-state index contributed by atoms with van der Waals surface area (Å²) in [5.74, 6) is -0.282. The van der Waals surface area contributed by atoms with Crippen LogP contribution in [0.3, 0.4) is 0 Å². The molecule has 2 amide bonds. The second-order valence-electron chi connectivity index (χ2n) is 4.13. The Morgan fingerprint density at radius 1 is 1.27 bits per heavy atom. The van der Waals surface area contributed by atoms with Crippen molar-refractivity contribution < 1.29 is 9.59 Å². The third kappa shape index (κ3) is 4.78. The molecule has 5 nitrogen and oxygen atoms in total. The summed E-state index contributed by atoms with van der Waals surface area (Å²) >= 11 is 0. The highest BCUT2D eigenvalue weighted by atomic mass is 16.2. The maximum Gasteiger partial charge on any atom is 0.241 e. The number of likely N-dealkylation sites (N-methyl/N-ethyl adjacent to an activating group) is 2. The number of hydrogen-bond acceptors (Lipinski definition) is 3. The van der Waals surface area contributed by atoms with Crippen LogP contribution in [0.25, 0.3) is 0 Å². The molecule has 0 unspecified atom stereocenters. The first kappa shape index (κ1) is 13.9. The van der Waals surface area contributed by atoms with E-state index in [1.165, 1.54) is 4.90 Å². The van der Waals surface area contributed by atoms with Gasteiger partial charge in [-0.1, -0.05) is 6.92 Å². The molecule has 2 N–H and O–H groups in total. The summed E-state index contributed by atoms with van der Waals surface area (Å²) in [6, 6.07) is 0. The van der Waals surface area contributed by atoms with Gasteiger partial charge in [0, 0.05) is 14.1 Å². The van der Waals surface area contributed by atoms with Crippen molar-refractivity contribution in [1.29, 1.82) is 0 Å². The number of carbonyl (C=O) groups excluding carboxylic acids is 2. The summed E-state index contributed by atoms with van der Waals surface area (Å²) in [4.78, 5) is 24.3. The number of hydrogen-bond donors (Lipinski definition) is 2. The molecule has 0 bridgehead atoms. The van der Waals surface area contributed by atoms with Crippen LogP contribution < -0.4 is 10.6 Å². The molecule has 0 saturated heterocycles. The van der Waals surface area contributed by atoms with Gasteiger partial charge in [-0.3, -0.25) is 9.59 Å². The second-order valence-corrected chi connectivity index (χ2v) is 4.13. The van der Waals surface area contributed by atoms with Gasteiger partial charge in [-0.2, -0.15) is 0 Å². The highest BCUT2D eigenvalue weighted by Crippen LogP contribution is 2.00. The Kier molecular flexibility index (Phi) is 5.28. The van der Waals surface area contributed by atoms with Crippen molar-refractivity contribution in [3.8, 4) is 0 Å². The molecule has 0 spiro atoms. The molecule has 0 fully saturated rings. The van der Waals surface area contributed by atoms with Crippen LogP contribution in [0.1, 0.15) is 20.8 Å². The summed E-state index contributed by atoms with van der Waals surface area (Å²) in [7, 11) is 3.31. The average molecular weight is 215 g/mol. The molecule has 0 aliphatic heterocycles. The zero-order chi connectivity index (χ0) is 12.1. The minimum absolute atomic E-state index is 0.0423. The summed E-state index contributed by atoms with van der Waals surface area (Å²) in [5.41, 5.74) is -0.638. The first-order valence-electron chi connectivity index (χ1n) is 5.04. The van der Waals surface area contributed by atoms with Crippen molar-refractivity contribution in [3.63, 3.8) is 0 Å². The molecule has 0 saturated carbocycles. The monoisotopic (exact) mass is 215 g/mol. The molecule has 0 heterocycles. The fraction of sp³-hybridized carbons (Fsp3) is 0.800. The topological polar surface area (TPSA) is 61.4 Å². The molecule has 0 aliphatic carbocycles. The summed E-state index contributed by atoms with van der Waals surface area (Å²) in [6.45, 7) is 6.25. The van der Waals surface area contributed by atoms with Crippen LogP contribution in [0.4, 0.5) is 0 Å². The molecule has 0 aliphatic rings. The average Bonchev–Trinajstić information content (AvgIpc) is 2.13. The Morgan fingerprint density at radius 2 is 1.80 bits per heavy atom. The predicted octanol–water partition coefficient (Wildman–Crippen LogP) is -0.421. The van der Waals surface area contributed by atoms with E-state index in [0.717, 1.165) is 0 Å². The van der Waals surface area contributed by atoms with Crippen molar-refractivity contribution >= 4 is 11.8 Å². The number of nitrogens with zero attached hydrogens (tertiary/aromatic N) is 1. The maximum atomic E-state index is 11.6. The van der Waals surface area contributed by atoms with Crippen LogP contribution in [0.15, 0.2) is 0 Å². The molecule has 0 atom stereocenters. The van der Waals surface area contributed by atoms with E-state index in [4.69, 9.17) is 0 Å². The fourth-order valence-corrected chi connectivity index (χ4v) is 1.06. The highest BCUT2D eigenvalue weighted by Gasteiger charge is 2.26. The van der Waals surface area contributed by atoms with Crippen molar-refractivity contribution in [2.75, 3.05) is 27.2 Å². The van der Waals surface area contributed by atoms with Gasteiger partial charge in [0.05, 0.1) is 12.1 Å². The Bertz CT molecular complexity index is 237. The molecule has 0 rings (SSSR count). The molecule has 0 aromatic heterocycles. The number of nitrogens with one attached hydrogen (secondary N) is 2. The van der Waals surface area contributed by atoms with Crippen LogP contribution in [-0.4, -0.2) is 49.4 Å². The lowest BCUT2D eigenvalue weighted by Gasteiger charge is -2.24. The number of amides is 2. The van der Waals surface area contributed by atoms with Gasteiger partial charge in [-0.25, -0.2) is 0 Å². The lowest BCUT2D eigenvalue weighted by Crippen LogP contribution is -2.54. The van der Waals surface area contributed by atoms with Gasteiger partial charge < -0.3 is 15.5 Å². The third-order valence-corrected chi connectivity index (χ3v) is 2.09. The van der Waals surface area contributed by atoms with Crippen LogP contribution in [-0.2, 0) is 9.59 Å². The fourth-order valence-electron chi connectivity index (χ4n) is 1.06. The summed E-state index contributed by atoms with van der Waals surface area (Å²) in [5, 5.41) is 5.63. The first-order chi connectivity index (χ1) is 6.81. The van der Waals surface area contributed by atoms with Gasteiger partial charge in [0.15, 0.2) is 0 Å². The normalized spacial score (nSPS) is 11.0. The largest absolute Gasteiger partial charge is 0.347 e. The maximum absolute atomic E-state index is 11.6. The Hall–Kier alpha value is -1.10. The van der Waals surface area contributed by atoms with Crippen LogP contribution in [0.2, 0.25) is 0 Å². The highest BCUT2D eigenvalue weighted by molar-refractivity contribution is 5.89. The minimum atomic E-state index is -0.638. The Labute approximate surface area is 91.2 Å². The van der Waals surface area contributed by atoms with Crippen molar-refractivity contribution in [1.82, 2.24) is 15.5 Å². The standard InChI is InChI=1S/C10H21N3O2/c1-6-12-10(2,3)9(15)11-7-8(14)13(4)5/h12H,6-7H2,1-5H3,(H,11,15). The molecular formula is C10H21N3O2. The van der Waals surface area contributed by atoms with Crippen molar-refractivity contribution in [2.45, 2.75) is 26.3 Å². The second kappa shape index (κ2) is 5.70. The molecule has 0 radical (unpaired) electrons. The van der Waals surface area contributed by atoms with Crippen molar-refractivity contribution in [2.24, 2.45) is 0 Å². The van der Waals surface area contributed by atoms with E-state index in [0.29, 0.717) is 6.54 Å². The van der Waals surface area contributed by atoms with Gasteiger partial charge in [0.2, 0.25) is 11.8 Å². The zero-order valence-electron chi connectivity index (χ0n) is 10.2. The van der Waals surface area contributed by atoms with E-state index in [9.17, 15) is 9.59 Å². The molecule has 0 aromatic rings. The molecule has 0 aromatic carbocycles. The van der Waals surface area contributed by atoms with Crippen LogP contribution >= 0.6 is 0 Å². The van der Waals surface area contributed by atoms with E-state index < -0.39 is 5.54 Å². The van der Waals surface area contributed by atoms with E-state index in [-0.39, 0.29) is 18.4 Å². The van der Waals surface area contributed by atoms with Crippen molar-refractivity contribution in [3.05, 3.63) is 0 Å². The van der Waals surface area contributed by atoms with Gasteiger partial charge in [0.1, 0.15) is 0 Å². The molecule has 88 valence electrons. The molecule has 15 heavy (non-hydrogen) atoms. The van der Waals surface area contributed by atoms with E-state index in [2.05, 4.69) is 10.6 Å². The summed E-state index contributed by atoms with van der Waals surface area (Å²) < 4.78 is 0. The lowest BCUT2D eigenvalue weighted by molar-refractivity contribution is -0.132. The van der Waals surface area contributed by atoms with Crippen LogP contribution in [0, 0.1) is 0 Å². The van der Waals surface area contributed by atoms with Gasteiger partial charge in [0.25, 0.3) is 0 Å². The molecule has 5 heteroatoms. The smallest absolute Gasteiger partial charge is 0.241 e. The van der Waals surface area contributed by atoms with E-state index in [1.807, 2.05) is 6.92 Å². The predicted molar refractivity (Wildman–Crippen MR) is 59.5 cm³/mol. The third-order valence-electron chi connectivity index (χ3n) is 2.09. The van der Waals surface area contributed by atoms with Crippen LogP contribution in [0.5, 0.6) is 0 Å². The number of carbonyl (C=O) groups is 2. The minimum Gasteiger partial charge on any atom is -0.347 e. The SMILES string of the molecule is CCNC(C)(C)C(=O)NCC(=O)N(C)C. The zero-order valence-corrected chi connectivity index (χ0v) is 10.2. The number of rotatable bonds is 5. The van der Waals surface area contributed by atoms with Gasteiger partial charge >= 0.3 is 0 Å². The van der Waals surface area contributed by atoms with E-state index >= 15 is 0 Å². The quantitative estimate of drug-likeness (QED) is 0.655.